The van der Waals surface area contributed by atoms with E-state index in [9.17, 15) is 12.8 Å². The van der Waals surface area contributed by atoms with E-state index in [1.807, 2.05) is 6.07 Å². The molecule has 13 heteroatoms. The number of carboxylic acid groups (broad SMARTS) is 1. The lowest BCUT2D eigenvalue weighted by atomic mass is 10.1. The second-order valence-corrected chi connectivity index (χ2v) is 12.6. The monoisotopic (exact) mass is 645 g/mol. The van der Waals surface area contributed by atoms with Gasteiger partial charge in [-0.25, -0.2) is 22.8 Å². The summed E-state index contributed by atoms with van der Waals surface area (Å²) in [6, 6.07) is 22.3. The molecule has 11 nitrogen and oxygen atoms in total. The van der Waals surface area contributed by atoms with Gasteiger partial charge in [0.2, 0.25) is 0 Å². The van der Waals surface area contributed by atoms with E-state index in [1.54, 1.807) is 24.3 Å². The molecule has 5 aromatic rings. The fourth-order valence-electron chi connectivity index (χ4n) is 5.32. The maximum Gasteiger partial charge on any atom is 0.290 e. The fraction of sp³-hybridized carbons (Fsp3) is 0.242. The Balaban J connectivity index is 0.00000134. The number of hydrogen-bond donors (Lipinski definition) is 3. The summed E-state index contributed by atoms with van der Waals surface area (Å²) in [7, 11) is -1.86. The zero-order valence-electron chi connectivity index (χ0n) is 25.4. The number of rotatable bonds is 10. The largest absolute Gasteiger partial charge is 0.483 e. The van der Waals surface area contributed by atoms with Gasteiger partial charge in [0, 0.05) is 72.8 Å². The molecule has 0 amide bonds. The zero-order chi connectivity index (χ0) is 32.5. The van der Waals surface area contributed by atoms with Crippen molar-refractivity contribution in [2.24, 2.45) is 0 Å². The predicted molar refractivity (Wildman–Crippen MR) is 177 cm³/mol. The average Bonchev–Trinajstić information content (AvgIpc) is 3.45. The fourth-order valence-corrected chi connectivity index (χ4v) is 6.46. The third kappa shape index (κ3) is 8.24. The number of nitrogens with one attached hydrogen (secondary N) is 2. The van der Waals surface area contributed by atoms with Gasteiger partial charge in [-0.05, 0) is 74.6 Å². The molecule has 0 bridgehead atoms. The van der Waals surface area contributed by atoms with Crippen LogP contribution in [0.4, 0.5) is 21.6 Å². The Kier molecular flexibility index (Phi) is 10.6. The van der Waals surface area contributed by atoms with E-state index in [0.717, 1.165) is 63.0 Å². The van der Waals surface area contributed by atoms with Crippen molar-refractivity contribution in [3.63, 3.8) is 0 Å². The number of halogens is 1. The molecule has 240 valence electrons. The van der Waals surface area contributed by atoms with Gasteiger partial charge in [0.15, 0.2) is 0 Å². The van der Waals surface area contributed by atoms with E-state index < -0.39 is 20.7 Å². The smallest absolute Gasteiger partial charge is 0.290 e. The predicted octanol–water partition coefficient (Wildman–Crippen LogP) is 5.12. The summed E-state index contributed by atoms with van der Waals surface area (Å²) in [5.41, 5.74) is 4.02. The Bertz CT molecular complexity index is 1880. The van der Waals surface area contributed by atoms with Gasteiger partial charge < -0.3 is 24.8 Å². The number of aryl methyl sites for hydroxylation is 1. The second kappa shape index (κ2) is 15.0. The van der Waals surface area contributed by atoms with Crippen LogP contribution in [-0.4, -0.2) is 84.1 Å². The second-order valence-electron chi connectivity index (χ2n) is 10.9. The summed E-state index contributed by atoms with van der Waals surface area (Å²) in [4.78, 5) is 21.7. The number of fused-ring (bicyclic) bond motifs is 1. The number of hydrogen-bond acceptors (Lipinski definition) is 8. The SMILES string of the molecule is CN1CCN(CCCn2ccc3cc(-c4cc(Nc5ccc(NS(=O)(=O)c6ccccc6F)cc5)ncn4)ccc32)CC1.O=CO. The maximum absolute atomic E-state index is 14.0. The highest BCUT2D eigenvalue weighted by Gasteiger charge is 2.18. The van der Waals surface area contributed by atoms with E-state index in [4.69, 9.17) is 9.90 Å². The molecular formula is C33H36FN7O4S. The first-order chi connectivity index (χ1) is 22.3. The third-order valence-corrected chi connectivity index (χ3v) is 9.15. The van der Waals surface area contributed by atoms with Crippen LogP contribution < -0.4 is 10.0 Å². The summed E-state index contributed by atoms with van der Waals surface area (Å²) in [5.74, 6) is -0.201. The minimum atomic E-state index is -4.05. The molecule has 1 aliphatic rings. The Morgan fingerprint density at radius 3 is 2.37 bits per heavy atom. The van der Waals surface area contributed by atoms with Crippen molar-refractivity contribution in [1.82, 2.24) is 24.3 Å². The summed E-state index contributed by atoms with van der Waals surface area (Å²) >= 11 is 0. The molecular weight excluding hydrogens is 609 g/mol. The standard InChI is InChI=1S/C32H34FN7O2S.CH2O2/c1-38-17-19-39(20-18-38)14-4-15-40-16-13-25-21-24(7-12-30(25)40)29-22-32(35-23-34-29)36-26-8-10-27(11-9-26)37-43(41,42)31-6-3-2-5-28(31)33;2-1-3/h2-3,5-13,16,21-23,37H,4,14-15,17-20H2,1H3,(H,34,35,36);1H,(H,2,3). The molecule has 46 heavy (non-hydrogen) atoms. The molecule has 2 aromatic heterocycles. The Morgan fingerprint density at radius 1 is 0.913 bits per heavy atom. The van der Waals surface area contributed by atoms with Gasteiger partial charge in [-0.3, -0.25) is 9.52 Å². The summed E-state index contributed by atoms with van der Waals surface area (Å²) in [5, 5.41) is 11.3. The molecule has 0 atom stereocenters. The van der Waals surface area contributed by atoms with Crippen molar-refractivity contribution < 1.29 is 22.7 Å². The van der Waals surface area contributed by atoms with Crippen molar-refractivity contribution >= 4 is 44.6 Å². The van der Waals surface area contributed by atoms with Crippen LogP contribution in [0.25, 0.3) is 22.2 Å². The van der Waals surface area contributed by atoms with Gasteiger partial charge in [-0.2, -0.15) is 0 Å². The van der Waals surface area contributed by atoms with Gasteiger partial charge in [0.25, 0.3) is 16.5 Å². The minimum absolute atomic E-state index is 0.250. The highest BCUT2D eigenvalue weighted by molar-refractivity contribution is 7.92. The number of benzene rings is 3. The van der Waals surface area contributed by atoms with Gasteiger partial charge in [0.1, 0.15) is 22.9 Å². The van der Waals surface area contributed by atoms with Crippen molar-refractivity contribution in [3.8, 4) is 11.3 Å². The summed E-state index contributed by atoms with van der Waals surface area (Å²) in [6.07, 6.45) is 4.79. The maximum atomic E-state index is 14.0. The van der Waals surface area contributed by atoms with Crippen molar-refractivity contribution in [2.45, 2.75) is 17.9 Å². The first kappa shape index (κ1) is 32.5. The molecule has 3 heterocycles. The number of carbonyl (C=O) groups is 1. The molecule has 0 unspecified atom stereocenters. The van der Waals surface area contributed by atoms with Gasteiger partial charge in [-0.15, -0.1) is 0 Å². The zero-order valence-corrected chi connectivity index (χ0v) is 26.2. The molecule has 1 aliphatic heterocycles. The Hall–Kier alpha value is -4.85. The van der Waals surface area contributed by atoms with Crippen molar-refractivity contribution in [2.75, 3.05) is 49.8 Å². The lowest BCUT2D eigenvalue weighted by Crippen LogP contribution is -2.44. The van der Waals surface area contributed by atoms with Gasteiger partial charge >= 0.3 is 0 Å². The van der Waals surface area contributed by atoms with Crippen LogP contribution in [0.15, 0.2) is 96.3 Å². The number of piperazine rings is 1. The number of nitrogens with zero attached hydrogens (tertiary/aromatic N) is 5. The van der Waals surface area contributed by atoms with Crippen molar-refractivity contribution in [1.29, 1.82) is 0 Å². The van der Waals surface area contributed by atoms with Crippen LogP contribution in [-0.2, 0) is 21.4 Å². The Morgan fingerprint density at radius 2 is 1.63 bits per heavy atom. The number of aromatic nitrogens is 3. The van der Waals surface area contributed by atoms with E-state index >= 15 is 0 Å². The summed E-state index contributed by atoms with van der Waals surface area (Å²) in [6.45, 7) is 6.43. The topological polar surface area (TPSA) is 133 Å². The highest BCUT2D eigenvalue weighted by Crippen LogP contribution is 2.27. The number of sulfonamides is 1. The van der Waals surface area contributed by atoms with E-state index in [1.165, 1.54) is 35.4 Å². The lowest BCUT2D eigenvalue weighted by Gasteiger charge is -2.32. The molecule has 0 radical (unpaired) electrons. The molecule has 6 rings (SSSR count). The molecule has 3 N–H and O–H groups in total. The highest BCUT2D eigenvalue weighted by atomic mass is 32.2. The van der Waals surface area contributed by atoms with Gasteiger partial charge in [-0.1, -0.05) is 18.2 Å². The van der Waals surface area contributed by atoms with Crippen LogP contribution in [0.3, 0.4) is 0 Å². The molecule has 3 aromatic carbocycles. The van der Waals surface area contributed by atoms with Gasteiger partial charge in [0.05, 0.1) is 5.69 Å². The third-order valence-electron chi connectivity index (χ3n) is 7.74. The van der Waals surface area contributed by atoms with Crippen LogP contribution in [0.5, 0.6) is 0 Å². The number of likely N-dealkylation sites (N-methyl/N-ethyl adjacent to an activating group) is 1. The lowest BCUT2D eigenvalue weighted by molar-refractivity contribution is -0.122. The normalized spacial score (nSPS) is 14.0. The van der Waals surface area contributed by atoms with E-state index in [-0.39, 0.29) is 6.47 Å². The van der Waals surface area contributed by atoms with Crippen molar-refractivity contribution in [3.05, 3.63) is 97.2 Å². The van der Waals surface area contributed by atoms with E-state index in [0.29, 0.717) is 17.2 Å². The van der Waals surface area contributed by atoms with E-state index in [2.05, 4.69) is 71.9 Å². The first-order valence-electron chi connectivity index (χ1n) is 14.8. The molecule has 0 spiro atoms. The molecule has 0 saturated carbocycles. The first-order valence-corrected chi connectivity index (χ1v) is 16.3. The quantitative estimate of drug-likeness (QED) is 0.177. The number of anilines is 3. The van der Waals surface area contributed by atoms with Crippen LogP contribution >= 0.6 is 0 Å². The van der Waals surface area contributed by atoms with Crippen LogP contribution in [0.1, 0.15) is 6.42 Å². The summed E-state index contributed by atoms with van der Waals surface area (Å²) < 4.78 is 43.9. The van der Waals surface area contributed by atoms with Crippen LogP contribution in [0, 0.1) is 5.82 Å². The minimum Gasteiger partial charge on any atom is -0.483 e. The Labute approximate surface area is 267 Å². The average molecular weight is 646 g/mol. The molecule has 0 aliphatic carbocycles. The molecule has 1 fully saturated rings. The van der Waals surface area contributed by atoms with Crippen LogP contribution in [0.2, 0.25) is 0 Å². The molecule has 1 saturated heterocycles.